The molecule has 0 amide bonds. The summed E-state index contributed by atoms with van der Waals surface area (Å²) in [7, 11) is 0. The minimum Gasteiger partial charge on any atom is -0.489 e. The van der Waals surface area contributed by atoms with Gasteiger partial charge in [-0.1, -0.05) is 24.3 Å². The van der Waals surface area contributed by atoms with E-state index >= 15 is 0 Å². The second kappa shape index (κ2) is 6.72. The van der Waals surface area contributed by atoms with E-state index in [1.54, 1.807) is 12.1 Å². The molecule has 0 bridgehead atoms. The Morgan fingerprint density at radius 3 is 2.29 bits per heavy atom. The Hall–Kier alpha value is -1.87. The molecule has 2 aromatic rings. The molecule has 3 rings (SSSR count). The number of hydrogen-bond donors (Lipinski definition) is 1. The van der Waals surface area contributed by atoms with Crippen LogP contribution in [0.1, 0.15) is 29.9 Å². The molecule has 0 radical (unpaired) electrons. The molecule has 2 nitrogen and oxygen atoms in total. The third-order valence-electron chi connectivity index (χ3n) is 4.01. The largest absolute Gasteiger partial charge is 0.489 e. The molecule has 1 fully saturated rings. The summed E-state index contributed by atoms with van der Waals surface area (Å²) in [6, 6.07) is 14.8. The van der Waals surface area contributed by atoms with Crippen molar-refractivity contribution in [3.05, 3.63) is 65.5 Å². The predicted molar refractivity (Wildman–Crippen MR) is 82.0 cm³/mol. The maximum Gasteiger partial charge on any atom is 0.123 e. The monoisotopic (exact) mass is 285 g/mol. The lowest BCUT2D eigenvalue weighted by Gasteiger charge is -2.23. The van der Waals surface area contributed by atoms with Crippen LogP contribution < -0.4 is 10.1 Å². The van der Waals surface area contributed by atoms with E-state index in [1.165, 1.54) is 30.5 Å². The van der Waals surface area contributed by atoms with Crippen LogP contribution in [0.4, 0.5) is 4.39 Å². The zero-order valence-electron chi connectivity index (χ0n) is 12.0. The van der Waals surface area contributed by atoms with Crippen molar-refractivity contribution in [2.45, 2.75) is 25.4 Å². The maximum absolute atomic E-state index is 12.8. The van der Waals surface area contributed by atoms with Crippen LogP contribution in [0, 0.1) is 5.82 Å². The third-order valence-corrected chi connectivity index (χ3v) is 4.01. The highest BCUT2D eigenvalue weighted by Crippen LogP contribution is 2.25. The first-order chi connectivity index (χ1) is 10.3. The van der Waals surface area contributed by atoms with Gasteiger partial charge in [-0.3, -0.25) is 0 Å². The average molecular weight is 285 g/mol. The first-order valence-corrected chi connectivity index (χ1v) is 7.49. The Morgan fingerprint density at radius 1 is 0.952 bits per heavy atom. The summed E-state index contributed by atoms with van der Waals surface area (Å²) in [6.45, 7) is 2.73. The average Bonchev–Trinajstić information content (AvgIpc) is 2.56. The van der Waals surface area contributed by atoms with Crippen LogP contribution in [0.25, 0.3) is 0 Å². The highest BCUT2D eigenvalue weighted by atomic mass is 19.1. The van der Waals surface area contributed by atoms with Crippen molar-refractivity contribution in [3.63, 3.8) is 0 Å². The summed E-state index contributed by atoms with van der Waals surface area (Å²) < 4.78 is 18.5. The highest BCUT2D eigenvalue weighted by molar-refractivity contribution is 5.27. The number of halogens is 1. The fourth-order valence-corrected chi connectivity index (χ4v) is 2.74. The lowest BCUT2D eigenvalue weighted by atomic mass is 9.90. The van der Waals surface area contributed by atoms with Gasteiger partial charge < -0.3 is 10.1 Å². The number of hydrogen-bond acceptors (Lipinski definition) is 2. The Kier molecular flexibility index (Phi) is 4.51. The summed E-state index contributed by atoms with van der Waals surface area (Å²) in [6.07, 6.45) is 2.43. The zero-order valence-corrected chi connectivity index (χ0v) is 12.0. The van der Waals surface area contributed by atoms with Crippen molar-refractivity contribution in [1.29, 1.82) is 0 Å². The second-order valence-electron chi connectivity index (χ2n) is 5.51. The second-order valence-corrected chi connectivity index (χ2v) is 5.51. The van der Waals surface area contributed by atoms with Gasteiger partial charge >= 0.3 is 0 Å². The van der Waals surface area contributed by atoms with E-state index in [9.17, 15) is 4.39 Å². The summed E-state index contributed by atoms with van der Waals surface area (Å²) >= 11 is 0. The van der Waals surface area contributed by atoms with Crippen LogP contribution in [-0.2, 0) is 6.61 Å². The van der Waals surface area contributed by atoms with Gasteiger partial charge in [0.1, 0.15) is 18.2 Å². The molecular formula is C18H20FNO. The van der Waals surface area contributed by atoms with Crippen LogP contribution >= 0.6 is 0 Å². The summed E-state index contributed by atoms with van der Waals surface area (Å²) in [5.74, 6) is 1.13. The first-order valence-electron chi connectivity index (χ1n) is 7.49. The molecule has 2 aromatic carbocycles. The Balaban J connectivity index is 1.57. The van der Waals surface area contributed by atoms with Gasteiger partial charge in [-0.2, -0.15) is 0 Å². The van der Waals surface area contributed by atoms with Crippen molar-refractivity contribution >= 4 is 0 Å². The molecule has 1 N–H and O–H groups in total. The summed E-state index contributed by atoms with van der Waals surface area (Å²) in [4.78, 5) is 0. The number of nitrogens with one attached hydrogen (secondary N) is 1. The van der Waals surface area contributed by atoms with E-state index in [1.807, 2.05) is 0 Å². The predicted octanol–water partition coefficient (Wildman–Crippen LogP) is 3.87. The van der Waals surface area contributed by atoms with Crippen LogP contribution in [0.5, 0.6) is 5.75 Å². The van der Waals surface area contributed by atoms with Gasteiger partial charge in [0.2, 0.25) is 0 Å². The number of rotatable bonds is 4. The van der Waals surface area contributed by atoms with Crippen molar-refractivity contribution in [2.24, 2.45) is 0 Å². The van der Waals surface area contributed by atoms with E-state index in [-0.39, 0.29) is 5.82 Å². The molecule has 1 aliphatic rings. The Morgan fingerprint density at radius 2 is 1.62 bits per heavy atom. The SMILES string of the molecule is Fc1ccc(OCc2ccc(C3CCNCC3)cc2)cc1. The molecule has 0 spiro atoms. The van der Waals surface area contributed by atoms with E-state index < -0.39 is 0 Å². The smallest absolute Gasteiger partial charge is 0.123 e. The quantitative estimate of drug-likeness (QED) is 0.920. The van der Waals surface area contributed by atoms with E-state index in [4.69, 9.17) is 4.74 Å². The first kappa shape index (κ1) is 14.1. The molecule has 0 aromatic heterocycles. The molecular weight excluding hydrogens is 265 g/mol. The molecule has 1 saturated heterocycles. The van der Waals surface area contributed by atoms with E-state index in [0.717, 1.165) is 18.7 Å². The van der Waals surface area contributed by atoms with Gasteiger partial charge in [-0.25, -0.2) is 4.39 Å². The van der Waals surface area contributed by atoms with Crippen LogP contribution in [0.2, 0.25) is 0 Å². The zero-order chi connectivity index (χ0) is 14.5. The van der Waals surface area contributed by atoms with Gasteiger partial charge in [0.25, 0.3) is 0 Å². The van der Waals surface area contributed by atoms with Crippen molar-refractivity contribution < 1.29 is 9.13 Å². The standard InChI is InChI=1S/C18H20FNO/c19-17-5-7-18(8-6-17)21-13-14-1-3-15(4-2-14)16-9-11-20-12-10-16/h1-8,16,20H,9-13H2. The van der Waals surface area contributed by atoms with E-state index in [0.29, 0.717) is 18.3 Å². The molecule has 1 heterocycles. The third kappa shape index (κ3) is 3.82. The van der Waals surface area contributed by atoms with Crippen molar-refractivity contribution in [1.82, 2.24) is 5.32 Å². The summed E-state index contributed by atoms with van der Waals surface area (Å²) in [5, 5.41) is 3.39. The molecule has 110 valence electrons. The number of piperidine rings is 1. The van der Waals surface area contributed by atoms with Gasteiger partial charge in [0, 0.05) is 0 Å². The molecule has 0 atom stereocenters. The van der Waals surface area contributed by atoms with Crippen LogP contribution in [0.3, 0.4) is 0 Å². The van der Waals surface area contributed by atoms with E-state index in [2.05, 4.69) is 29.6 Å². The lowest BCUT2D eigenvalue weighted by Crippen LogP contribution is -2.26. The Labute approximate surface area is 125 Å². The molecule has 0 saturated carbocycles. The van der Waals surface area contributed by atoms with Gasteiger partial charge in [0.15, 0.2) is 0 Å². The molecule has 3 heteroatoms. The fourth-order valence-electron chi connectivity index (χ4n) is 2.74. The minimum absolute atomic E-state index is 0.242. The number of benzene rings is 2. The maximum atomic E-state index is 12.8. The topological polar surface area (TPSA) is 21.3 Å². The number of ether oxygens (including phenoxy) is 1. The van der Waals surface area contributed by atoms with Crippen LogP contribution in [0.15, 0.2) is 48.5 Å². The Bertz CT molecular complexity index is 559. The van der Waals surface area contributed by atoms with Gasteiger partial charge in [0.05, 0.1) is 0 Å². The van der Waals surface area contributed by atoms with Crippen molar-refractivity contribution in [3.8, 4) is 5.75 Å². The molecule has 0 aliphatic carbocycles. The highest BCUT2D eigenvalue weighted by Gasteiger charge is 2.14. The van der Waals surface area contributed by atoms with Gasteiger partial charge in [-0.05, 0) is 67.2 Å². The van der Waals surface area contributed by atoms with Crippen LogP contribution in [-0.4, -0.2) is 13.1 Å². The molecule has 1 aliphatic heterocycles. The van der Waals surface area contributed by atoms with Gasteiger partial charge in [-0.15, -0.1) is 0 Å². The molecule has 21 heavy (non-hydrogen) atoms. The van der Waals surface area contributed by atoms with Crippen molar-refractivity contribution in [2.75, 3.05) is 13.1 Å². The summed E-state index contributed by atoms with van der Waals surface area (Å²) in [5.41, 5.74) is 2.55. The minimum atomic E-state index is -0.242. The fraction of sp³-hybridized carbons (Fsp3) is 0.333. The lowest BCUT2D eigenvalue weighted by molar-refractivity contribution is 0.305. The molecule has 0 unspecified atom stereocenters. The normalized spacial score (nSPS) is 15.9.